The average molecular weight is 241 g/mol. The van der Waals surface area contributed by atoms with E-state index in [9.17, 15) is 0 Å². The van der Waals surface area contributed by atoms with E-state index in [1.165, 1.54) is 5.56 Å². The molecule has 0 aliphatic heterocycles. The summed E-state index contributed by atoms with van der Waals surface area (Å²) in [6.45, 7) is 2.85. The first-order chi connectivity index (χ1) is 8.84. The zero-order valence-corrected chi connectivity index (χ0v) is 10.2. The molecule has 2 aromatic heterocycles. The standard InChI is InChI=1S/C14H15N3O/c1-10(14-15-6-7-16-14)17-8-11-9-18-13-5-3-2-4-12(11)13/h2-7,9-10,17H,8H2,1H3,(H,15,16). The van der Waals surface area contributed by atoms with Crippen molar-refractivity contribution in [3.8, 4) is 0 Å². The largest absolute Gasteiger partial charge is 0.464 e. The Morgan fingerprint density at radius 2 is 2.28 bits per heavy atom. The predicted octanol–water partition coefficient (Wildman–Crippen LogP) is 3.01. The average Bonchev–Trinajstić information content (AvgIpc) is 3.06. The van der Waals surface area contributed by atoms with Crippen LogP contribution < -0.4 is 5.32 Å². The van der Waals surface area contributed by atoms with Crippen LogP contribution in [0.5, 0.6) is 0 Å². The molecule has 0 radical (unpaired) electrons. The SMILES string of the molecule is CC(NCc1coc2ccccc12)c1ncc[nH]1. The van der Waals surface area contributed by atoms with Crippen molar-refractivity contribution in [1.29, 1.82) is 0 Å². The molecular weight excluding hydrogens is 226 g/mol. The second kappa shape index (κ2) is 4.66. The normalized spacial score (nSPS) is 12.9. The third kappa shape index (κ3) is 2.02. The van der Waals surface area contributed by atoms with Crippen LogP contribution in [0.3, 0.4) is 0 Å². The third-order valence-corrected chi connectivity index (χ3v) is 3.09. The first-order valence-corrected chi connectivity index (χ1v) is 6.02. The fourth-order valence-corrected chi connectivity index (χ4v) is 2.04. The van der Waals surface area contributed by atoms with Gasteiger partial charge in [-0.2, -0.15) is 0 Å². The fraction of sp³-hybridized carbons (Fsp3) is 0.214. The highest BCUT2D eigenvalue weighted by Crippen LogP contribution is 2.21. The molecule has 0 aliphatic rings. The summed E-state index contributed by atoms with van der Waals surface area (Å²) >= 11 is 0. The second-order valence-corrected chi connectivity index (χ2v) is 4.33. The van der Waals surface area contributed by atoms with Crippen molar-refractivity contribution in [2.45, 2.75) is 19.5 Å². The number of rotatable bonds is 4. The predicted molar refractivity (Wildman–Crippen MR) is 70.1 cm³/mol. The molecule has 1 aromatic carbocycles. The molecule has 0 saturated heterocycles. The Labute approximate surface area is 105 Å². The van der Waals surface area contributed by atoms with E-state index >= 15 is 0 Å². The van der Waals surface area contributed by atoms with Gasteiger partial charge in [-0.1, -0.05) is 18.2 Å². The van der Waals surface area contributed by atoms with Gasteiger partial charge >= 0.3 is 0 Å². The zero-order valence-electron chi connectivity index (χ0n) is 10.2. The van der Waals surface area contributed by atoms with Gasteiger partial charge in [-0.25, -0.2) is 4.98 Å². The summed E-state index contributed by atoms with van der Waals surface area (Å²) in [5, 5.41) is 4.59. The number of para-hydroxylation sites is 1. The van der Waals surface area contributed by atoms with Gasteiger partial charge in [0.05, 0.1) is 12.3 Å². The number of benzene rings is 1. The molecule has 2 N–H and O–H groups in total. The van der Waals surface area contributed by atoms with Crippen molar-refractivity contribution in [3.63, 3.8) is 0 Å². The number of furan rings is 1. The van der Waals surface area contributed by atoms with Gasteiger partial charge in [0.25, 0.3) is 0 Å². The smallest absolute Gasteiger partial charge is 0.134 e. The van der Waals surface area contributed by atoms with E-state index in [0.29, 0.717) is 0 Å². The second-order valence-electron chi connectivity index (χ2n) is 4.33. The lowest BCUT2D eigenvalue weighted by molar-refractivity contribution is 0.543. The van der Waals surface area contributed by atoms with Crippen LogP contribution in [0.2, 0.25) is 0 Å². The van der Waals surface area contributed by atoms with Crippen LogP contribution in [0.4, 0.5) is 0 Å². The molecule has 1 atom stereocenters. The number of hydrogen-bond acceptors (Lipinski definition) is 3. The van der Waals surface area contributed by atoms with E-state index in [0.717, 1.165) is 23.3 Å². The van der Waals surface area contributed by atoms with Gasteiger partial charge < -0.3 is 14.7 Å². The number of hydrogen-bond donors (Lipinski definition) is 2. The summed E-state index contributed by atoms with van der Waals surface area (Å²) in [6, 6.07) is 8.25. The van der Waals surface area contributed by atoms with Gasteiger partial charge in [0.1, 0.15) is 11.4 Å². The number of aromatic nitrogens is 2. The molecule has 1 unspecified atom stereocenters. The number of nitrogens with one attached hydrogen (secondary N) is 2. The van der Waals surface area contributed by atoms with Crippen LogP contribution in [0, 0.1) is 0 Å². The first kappa shape index (κ1) is 11.0. The van der Waals surface area contributed by atoms with Gasteiger partial charge in [0.15, 0.2) is 0 Å². The lowest BCUT2D eigenvalue weighted by Crippen LogP contribution is -2.18. The molecule has 3 rings (SSSR count). The maximum atomic E-state index is 5.51. The molecule has 0 aliphatic carbocycles. The summed E-state index contributed by atoms with van der Waals surface area (Å²) < 4.78 is 5.51. The zero-order chi connectivity index (χ0) is 12.4. The topological polar surface area (TPSA) is 53.9 Å². The molecule has 3 aromatic rings. The highest BCUT2D eigenvalue weighted by Gasteiger charge is 2.09. The molecule has 4 heteroatoms. The van der Waals surface area contributed by atoms with E-state index in [1.54, 1.807) is 6.20 Å². The molecule has 0 fully saturated rings. The van der Waals surface area contributed by atoms with Crippen LogP contribution in [-0.4, -0.2) is 9.97 Å². The van der Waals surface area contributed by atoms with E-state index in [1.807, 2.05) is 30.7 Å². The summed E-state index contributed by atoms with van der Waals surface area (Å²) in [5.74, 6) is 0.947. The van der Waals surface area contributed by atoms with Crippen molar-refractivity contribution >= 4 is 11.0 Å². The number of nitrogens with zero attached hydrogens (tertiary/aromatic N) is 1. The summed E-state index contributed by atoms with van der Waals surface area (Å²) in [7, 11) is 0. The van der Waals surface area contributed by atoms with Gasteiger partial charge in [-0.3, -0.25) is 0 Å². The van der Waals surface area contributed by atoms with Crippen molar-refractivity contribution in [3.05, 3.63) is 54.3 Å². The summed E-state index contributed by atoms with van der Waals surface area (Å²) in [5.41, 5.74) is 2.10. The monoisotopic (exact) mass is 241 g/mol. The Balaban J connectivity index is 1.73. The van der Waals surface area contributed by atoms with Crippen LogP contribution in [0.25, 0.3) is 11.0 Å². The lowest BCUT2D eigenvalue weighted by atomic mass is 10.1. The lowest BCUT2D eigenvalue weighted by Gasteiger charge is -2.10. The van der Waals surface area contributed by atoms with Crippen molar-refractivity contribution in [2.75, 3.05) is 0 Å². The highest BCUT2D eigenvalue weighted by atomic mass is 16.3. The van der Waals surface area contributed by atoms with Gasteiger partial charge in [-0.15, -0.1) is 0 Å². The number of aromatic amines is 1. The van der Waals surface area contributed by atoms with Gasteiger partial charge in [0.2, 0.25) is 0 Å². The maximum absolute atomic E-state index is 5.51. The summed E-state index contributed by atoms with van der Waals surface area (Å²) in [4.78, 5) is 7.34. The molecular formula is C14H15N3O. The van der Waals surface area contributed by atoms with Crippen LogP contribution in [0.15, 0.2) is 47.3 Å². The number of imidazole rings is 1. The molecule has 4 nitrogen and oxygen atoms in total. The van der Waals surface area contributed by atoms with E-state index in [4.69, 9.17) is 4.42 Å². The van der Waals surface area contributed by atoms with Crippen molar-refractivity contribution in [1.82, 2.24) is 15.3 Å². The molecule has 18 heavy (non-hydrogen) atoms. The van der Waals surface area contributed by atoms with Crippen LogP contribution in [-0.2, 0) is 6.54 Å². The van der Waals surface area contributed by atoms with Crippen molar-refractivity contribution < 1.29 is 4.42 Å². The Kier molecular flexibility index (Phi) is 2.86. The van der Waals surface area contributed by atoms with Gasteiger partial charge in [0, 0.05) is 29.9 Å². The van der Waals surface area contributed by atoms with Crippen LogP contribution >= 0.6 is 0 Å². The minimum absolute atomic E-state index is 0.189. The molecule has 0 spiro atoms. The van der Waals surface area contributed by atoms with E-state index < -0.39 is 0 Å². The Morgan fingerprint density at radius 1 is 1.39 bits per heavy atom. The molecule has 0 saturated carbocycles. The molecule has 2 heterocycles. The minimum atomic E-state index is 0.189. The van der Waals surface area contributed by atoms with Gasteiger partial charge in [-0.05, 0) is 13.0 Å². The van der Waals surface area contributed by atoms with Crippen molar-refractivity contribution in [2.24, 2.45) is 0 Å². The van der Waals surface area contributed by atoms with E-state index in [-0.39, 0.29) is 6.04 Å². The quantitative estimate of drug-likeness (QED) is 0.738. The third-order valence-electron chi connectivity index (χ3n) is 3.09. The minimum Gasteiger partial charge on any atom is -0.464 e. The Hall–Kier alpha value is -2.07. The Morgan fingerprint density at radius 3 is 3.11 bits per heavy atom. The molecule has 0 amide bonds. The molecule has 0 bridgehead atoms. The number of fused-ring (bicyclic) bond motifs is 1. The Bertz CT molecular complexity index is 627. The fourth-order valence-electron chi connectivity index (χ4n) is 2.04. The van der Waals surface area contributed by atoms with E-state index in [2.05, 4.69) is 28.3 Å². The van der Waals surface area contributed by atoms with Crippen LogP contribution in [0.1, 0.15) is 24.4 Å². The number of H-pyrrole nitrogens is 1. The summed E-state index contributed by atoms with van der Waals surface area (Å²) in [6.07, 6.45) is 5.41. The highest BCUT2D eigenvalue weighted by molar-refractivity contribution is 5.80. The maximum Gasteiger partial charge on any atom is 0.134 e. The first-order valence-electron chi connectivity index (χ1n) is 6.02. The molecule has 92 valence electrons.